The Labute approximate surface area is 59.3 Å². The monoisotopic (exact) mass is 128 g/mol. The third-order valence-corrected chi connectivity index (χ3v) is 0.793. The van der Waals surface area contributed by atoms with Gasteiger partial charge in [-0.25, -0.2) is 0 Å². The smallest absolute Gasteiger partial charge is 0.119 e. The van der Waals surface area contributed by atoms with Crippen molar-refractivity contribution in [2.45, 2.75) is 0 Å². The van der Waals surface area contributed by atoms with E-state index in [1.807, 2.05) is 0 Å². The van der Waals surface area contributed by atoms with Gasteiger partial charge in [-0.2, -0.15) is 0 Å². The first-order valence-corrected chi connectivity index (χ1v) is 2.34. The van der Waals surface area contributed by atoms with Gasteiger partial charge in [0.05, 0.1) is 12.6 Å². The van der Waals surface area contributed by atoms with Crippen LogP contribution in [-0.4, -0.2) is 12.2 Å². The topological polar surface area (TPSA) is 29.5 Å². The van der Waals surface area contributed by atoms with Crippen LogP contribution in [0.5, 0.6) is 11.5 Å². The lowest BCUT2D eigenvalue weighted by atomic mass is 10.3. The molecular weight excluding hydrogens is 116 g/mol. The van der Waals surface area contributed by atoms with E-state index in [0.29, 0.717) is 0 Å². The number of methoxy groups -OCH3 is 1. The van der Waals surface area contributed by atoms with Crippen LogP contribution in [0.3, 0.4) is 0 Å². The van der Waals surface area contributed by atoms with Crippen LogP contribution in [0.15, 0.2) is 24.2 Å². The van der Waals surface area contributed by atoms with E-state index in [0.717, 1.165) is 0 Å². The Kier molecular flexibility index (Phi) is 0.693. The number of phenols is 1. The molecule has 9 heavy (non-hydrogen) atoms. The van der Waals surface area contributed by atoms with Crippen molar-refractivity contribution in [3.05, 3.63) is 24.2 Å². The van der Waals surface area contributed by atoms with Crippen molar-refractivity contribution in [3.8, 4) is 11.5 Å². The van der Waals surface area contributed by atoms with Gasteiger partial charge in [0, 0.05) is 0 Å². The summed E-state index contributed by atoms with van der Waals surface area (Å²) >= 11 is 0. The third kappa shape index (κ3) is 1.35. The summed E-state index contributed by atoms with van der Waals surface area (Å²) < 4.78 is 33.7. The predicted octanol–water partition coefficient (Wildman–Crippen LogP) is 1.40. The highest BCUT2D eigenvalue weighted by molar-refractivity contribution is 5.29. The van der Waals surface area contributed by atoms with Crippen molar-refractivity contribution in [2.75, 3.05) is 7.11 Å². The number of aromatic hydroxyl groups is 1. The van der Waals surface area contributed by atoms with Gasteiger partial charge in [-0.05, 0) is 24.2 Å². The first-order valence-electron chi connectivity index (χ1n) is 4.34. The molecule has 0 aliphatic heterocycles. The minimum absolute atomic E-state index is 0.159. The van der Waals surface area contributed by atoms with Gasteiger partial charge < -0.3 is 9.84 Å². The summed E-state index contributed by atoms with van der Waals surface area (Å²) in [6.45, 7) is 0. The van der Waals surface area contributed by atoms with Crippen molar-refractivity contribution < 1.29 is 15.3 Å². The molecule has 1 aromatic rings. The Morgan fingerprint density at radius 1 is 1.44 bits per heavy atom. The molecule has 0 saturated carbocycles. The first kappa shape index (κ1) is 2.60. The van der Waals surface area contributed by atoms with Crippen molar-refractivity contribution in [1.29, 1.82) is 0 Å². The molecule has 0 heterocycles. The zero-order valence-corrected chi connectivity index (χ0v) is 4.86. The van der Waals surface area contributed by atoms with Crippen LogP contribution in [-0.2, 0) is 0 Å². The van der Waals surface area contributed by atoms with Gasteiger partial charge in [-0.1, -0.05) is 0 Å². The van der Waals surface area contributed by atoms with E-state index >= 15 is 0 Å². The molecule has 0 unspecified atom stereocenters. The van der Waals surface area contributed by atoms with Crippen LogP contribution in [0, 0.1) is 0 Å². The van der Waals surface area contributed by atoms with Gasteiger partial charge in [0.25, 0.3) is 0 Å². The summed E-state index contributed by atoms with van der Waals surface area (Å²) in [5, 5.41) is 9.12. The maximum Gasteiger partial charge on any atom is 0.119 e. The summed E-state index contributed by atoms with van der Waals surface area (Å²) in [6, 6.07) is -1.72. The molecule has 0 fully saturated rings. The minimum atomic E-state index is -0.657. The average molecular weight is 128 g/mol. The van der Waals surface area contributed by atoms with Gasteiger partial charge >= 0.3 is 0 Å². The molecule has 0 atom stereocenters. The predicted molar refractivity (Wildman–Crippen MR) is 34.7 cm³/mol. The van der Waals surface area contributed by atoms with Crippen molar-refractivity contribution in [1.82, 2.24) is 0 Å². The SMILES string of the molecule is [2H]c1c([2H])c(OC)c([2H])c([2H])c1O. The Hall–Kier alpha value is -1.18. The van der Waals surface area contributed by atoms with E-state index in [-0.39, 0.29) is 17.8 Å². The summed E-state index contributed by atoms with van der Waals surface area (Å²) in [5.74, 6) is -0.816. The van der Waals surface area contributed by atoms with Gasteiger partial charge in [-0.3, -0.25) is 0 Å². The van der Waals surface area contributed by atoms with Crippen LogP contribution in [0.4, 0.5) is 0 Å². The van der Waals surface area contributed by atoms with Crippen molar-refractivity contribution in [2.24, 2.45) is 0 Å². The molecule has 0 aromatic heterocycles. The number of rotatable bonds is 1. The summed E-state index contributed by atoms with van der Waals surface area (Å²) in [4.78, 5) is 0. The van der Waals surface area contributed by atoms with Gasteiger partial charge in [-0.15, -0.1) is 0 Å². The average Bonchev–Trinajstić information content (AvgIpc) is 2.13. The molecule has 0 spiro atoms. The van der Waals surface area contributed by atoms with Crippen LogP contribution >= 0.6 is 0 Å². The lowest BCUT2D eigenvalue weighted by molar-refractivity contribution is 0.412. The zero-order valence-electron chi connectivity index (χ0n) is 8.86. The fourth-order valence-electron chi connectivity index (χ4n) is 0.396. The first-order chi connectivity index (χ1) is 6.00. The van der Waals surface area contributed by atoms with E-state index in [2.05, 4.69) is 4.74 Å². The molecule has 0 bridgehead atoms. The molecule has 0 aliphatic carbocycles. The Morgan fingerprint density at radius 3 is 2.44 bits per heavy atom. The molecule has 0 amide bonds. The van der Waals surface area contributed by atoms with Gasteiger partial charge in [0.2, 0.25) is 0 Å². The summed E-state index contributed by atoms with van der Waals surface area (Å²) in [7, 11) is 1.25. The summed E-state index contributed by atoms with van der Waals surface area (Å²) in [5.41, 5.74) is 0. The number of hydrogen-bond donors (Lipinski definition) is 1. The maximum atomic E-state index is 9.12. The maximum absolute atomic E-state index is 9.12. The largest absolute Gasteiger partial charge is 0.508 e. The second-order valence-corrected chi connectivity index (χ2v) is 1.38. The number of hydrogen-bond acceptors (Lipinski definition) is 2. The van der Waals surface area contributed by atoms with E-state index in [1.165, 1.54) is 7.11 Å². The normalized spacial score (nSPS) is 15.2. The van der Waals surface area contributed by atoms with Crippen LogP contribution < -0.4 is 4.74 Å². The fraction of sp³-hybridized carbons (Fsp3) is 0.143. The third-order valence-electron chi connectivity index (χ3n) is 0.793. The molecule has 0 radical (unpaired) electrons. The van der Waals surface area contributed by atoms with Crippen molar-refractivity contribution in [3.63, 3.8) is 0 Å². The Balaban J connectivity index is 3.56. The number of ether oxygens (including phenoxy) is 1. The van der Waals surface area contributed by atoms with E-state index in [4.69, 9.17) is 10.6 Å². The molecule has 1 rings (SSSR count). The van der Waals surface area contributed by atoms with Crippen LogP contribution in [0.1, 0.15) is 5.48 Å². The zero-order chi connectivity index (χ0) is 10.2. The Morgan fingerprint density at radius 2 is 2.00 bits per heavy atom. The number of benzene rings is 1. The molecular formula is C7H8O2. The molecule has 2 nitrogen and oxygen atoms in total. The van der Waals surface area contributed by atoms with Crippen LogP contribution in [0.2, 0.25) is 0 Å². The molecule has 1 aromatic carbocycles. The van der Waals surface area contributed by atoms with Gasteiger partial charge in [0.15, 0.2) is 0 Å². The second kappa shape index (κ2) is 2.40. The van der Waals surface area contributed by atoms with Crippen molar-refractivity contribution >= 4 is 0 Å². The lowest BCUT2D eigenvalue weighted by Crippen LogP contribution is -1.79. The highest BCUT2D eigenvalue weighted by Crippen LogP contribution is 2.14. The highest BCUT2D eigenvalue weighted by Gasteiger charge is 1.87. The summed E-state index contributed by atoms with van der Waals surface area (Å²) in [6.07, 6.45) is 0. The number of phenolic OH excluding ortho intramolecular Hbond substituents is 1. The van der Waals surface area contributed by atoms with E-state index in [1.54, 1.807) is 0 Å². The lowest BCUT2D eigenvalue weighted by Gasteiger charge is -1.96. The Bertz CT molecular complexity index is 322. The quantitative estimate of drug-likeness (QED) is 0.619. The van der Waals surface area contributed by atoms with E-state index in [9.17, 15) is 0 Å². The molecule has 0 aliphatic rings. The van der Waals surface area contributed by atoms with Crippen LogP contribution in [0.25, 0.3) is 0 Å². The standard InChI is InChI=1S/C7H8O2/c1-9-7-4-2-6(8)3-5-7/h2-5,8H,1H3/i2D,3D,4D,5D. The van der Waals surface area contributed by atoms with E-state index < -0.39 is 17.8 Å². The molecule has 0 saturated heterocycles. The molecule has 48 valence electrons. The highest BCUT2D eigenvalue weighted by atomic mass is 16.5. The fourth-order valence-corrected chi connectivity index (χ4v) is 0.396. The molecule has 1 N–H and O–H groups in total. The minimum Gasteiger partial charge on any atom is -0.508 e. The molecule has 2 heteroatoms. The second-order valence-electron chi connectivity index (χ2n) is 1.38. The van der Waals surface area contributed by atoms with Gasteiger partial charge in [0.1, 0.15) is 11.5 Å².